The Bertz CT molecular complexity index is 818. The molecule has 0 aliphatic rings. The molecule has 6 nitrogen and oxygen atoms in total. The lowest BCUT2D eigenvalue weighted by molar-refractivity contribution is 0.0605. The van der Waals surface area contributed by atoms with Crippen LogP contribution in [0.3, 0.4) is 0 Å². The second-order valence-electron chi connectivity index (χ2n) is 7.30. The Balaban J connectivity index is 2.05. The molecule has 3 N–H and O–H groups in total. The number of aromatic hydroxyl groups is 1. The fourth-order valence-corrected chi connectivity index (χ4v) is 2.46. The molecule has 1 amide bonds. The first kappa shape index (κ1) is 20.3. The Morgan fingerprint density at radius 3 is 2.63 bits per heavy atom. The maximum absolute atomic E-state index is 11.8. The van der Waals surface area contributed by atoms with Gasteiger partial charge < -0.3 is 20.3 Å². The van der Waals surface area contributed by atoms with Crippen molar-refractivity contribution < 1.29 is 19.4 Å². The van der Waals surface area contributed by atoms with Crippen molar-refractivity contribution in [2.75, 3.05) is 12.3 Å². The van der Waals surface area contributed by atoms with Gasteiger partial charge in [-0.25, -0.2) is 4.79 Å². The molecule has 144 valence electrons. The third-order valence-electron chi connectivity index (χ3n) is 3.55. The van der Waals surface area contributed by atoms with E-state index in [9.17, 15) is 9.90 Å². The van der Waals surface area contributed by atoms with Gasteiger partial charge in [0.25, 0.3) is 0 Å². The molecule has 0 fully saturated rings. The lowest BCUT2D eigenvalue weighted by Gasteiger charge is -2.17. The monoisotopic (exact) mass is 370 g/mol. The Morgan fingerprint density at radius 1 is 1.22 bits per heavy atom. The number of hydrogen-bond donors (Lipinski definition) is 2. The number of aryl methyl sites for hydroxylation is 1. The first-order valence-corrected chi connectivity index (χ1v) is 8.71. The average Bonchev–Trinajstić information content (AvgIpc) is 2.52. The molecule has 0 unspecified atom stereocenters. The van der Waals surface area contributed by atoms with E-state index in [4.69, 9.17) is 15.2 Å². The highest BCUT2D eigenvalue weighted by Gasteiger charge is 2.15. The van der Waals surface area contributed by atoms with Crippen LogP contribution in [0.1, 0.15) is 37.5 Å². The van der Waals surface area contributed by atoms with E-state index in [1.54, 1.807) is 45.0 Å². The highest BCUT2D eigenvalue weighted by atomic mass is 16.6. The van der Waals surface area contributed by atoms with Crippen molar-refractivity contribution in [3.8, 4) is 11.5 Å². The quantitative estimate of drug-likeness (QED) is 0.606. The summed E-state index contributed by atoms with van der Waals surface area (Å²) in [7, 11) is 0. The molecule has 27 heavy (non-hydrogen) atoms. The van der Waals surface area contributed by atoms with Crippen molar-refractivity contribution >= 4 is 18.0 Å². The van der Waals surface area contributed by atoms with E-state index < -0.39 is 11.7 Å². The van der Waals surface area contributed by atoms with Crippen LogP contribution >= 0.6 is 0 Å². The van der Waals surface area contributed by atoms with Crippen LogP contribution in [0.5, 0.6) is 11.5 Å². The van der Waals surface area contributed by atoms with E-state index in [-0.39, 0.29) is 5.75 Å². The first-order valence-electron chi connectivity index (χ1n) is 8.71. The Morgan fingerprint density at radius 2 is 1.96 bits per heavy atom. The minimum atomic E-state index is -0.651. The molecular formula is C21H26N2O4. The molecule has 0 atom stereocenters. The Labute approximate surface area is 159 Å². The molecule has 0 aromatic heterocycles. The van der Waals surface area contributed by atoms with Crippen molar-refractivity contribution in [1.29, 1.82) is 0 Å². The summed E-state index contributed by atoms with van der Waals surface area (Å²) in [6.07, 6.45) is 1.39. The summed E-state index contributed by atoms with van der Waals surface area (Å²) in [6, 6.07) is 10.5. The van der Waals surface area contributed by atoms with E-state index in [2.05, 4.69) is 4.99 Å². The standard InChI is InChI=1S/C21H26N2O4/c1-14-9-18(24)12-19(10-14)26-8-7-15-5-6-17(22)11-16(15)13-23-20(25)27-21(2,3)4/h5-6,9-13,24H,7-8,22H2,1-4H3/b23-13+. The number of benzene rings is 2. The zero-order valence-electron chi connectivity index (χ0n) is 16.2. The molecule has 6 heteroatoms. The maximum Gasteiger partial charge on any atom is 0.434 e. The number of nitrogens with zero attached hydrogens (tertiary/aromatic N) is 1. The number of nitrogen functional groups attached to an aromatic ring is 1. The van der Waals surface area contributed by atoms with Gasteiger partial charge in [0.2, 0.25) is 0 Å². The predicted molar refractivity (Wildman–Crippen MR) is 107 cm³/mol. The number of phenolic OH excluding ortho intramolecular Hbond substituents is 1. The minimum Gasteiger partial charge on any atom is -0.508 e. The highest BCUT2D eigenvalue weighted by molar-refractivity contribution is 5.91. The smallest absolute Gasteiger partial charge is 0.434 e. The zero-order chi connectivity index (χ0) is 20.0. The van der Waals surface area contributed by atoms with Crippen LogP contribution in [0, 0.1) is 6.92 Å². The SMILES string of the molecule is Cc1cc(O)cc(OCCc2ccc(N)cc2/C=N/C(=O)OC(C)(C)C)c1. The number of ether oxygens (including phenoxy) is 2. The summed E-state index contributed by atoms with van der Waals surface area (Å²) in [4.78, 5) is 15.6. The second kappa shape index (κ2) is 8.58. The van der Waals surface area contributed by atoms with Gasteiger partial charge in [-0.05, 0) is 68.7 Å². The lowest BCUT2D eigenvalue weighted by atomic mass is 10.0. The molecule has 2 rings (SSSR count). The number of nitrogens with two attached hydrogens (primary N) is 1. The van der Waals surface area contributed by atoms with Crippen LogP contribution in [0.25, 0.3) is 0 Å². The first-order chi connectivity index (χ1) is 12.6. The number of hydrogen-bond acceptors (Lipinski definition) is 5. The van der Waals surface area contributed by atoms with Gasteiger partial charge in [-0.1, -0.05) is 6.07 Å². The van der Waals surface area contributed by atoms with Crippen LogP contribution < -0.4 is 10.5 Å². The van der Waals surface area contributed by atoms with E-state index in [1.807, 2.05) is 19.1 Å². The van der Waals surface area contributed by atoms with Crippen molar-refractivity contribution in [2.45, 2.75) is 39.7 Å². The fourth-order valence-electron chi connectivity index (χ4n) is 2.46. The molecule has 0 radical (unpaired) electrons. The number of phenols is 1. The van der Waals surface area contributed by atoms with Crippen molar-refractivity contribution in [2.24, 2.45) is 4.99 Å². The second-order valence-corrected chi connectivity index (χ2v) is 7.30. The summed E-state index contributed by atoms with van der Waals surface area (Å²) in [6.45, 7) is 7.64. The molecule has 0 saturated heterocycles. The number of amides is 1. The number of anilines is 1. The fraction of sp³-hybridized carbons (Fsp3) is 0.333. The van der Waals surface area contributed by atoms with Crippen LogP contribution in [-0.4, -0.2) is 29.6 Å². The topological polar surface area (TPSA) is 94.1 Å². The van der Waals surface area contributed by atoms with E-state index in [0.29, 0.717) is 24.5 Å². The van der Waals surface area contributed by atoms with Gasteiger partial charge in [-0.2, -0.15) is 4.99 Å². The summed E-state index contributed by atoms with van der Waals surface area (Å²) in [5.74, 6) is 0.773. The van der Waals surface area contributed by atoms with Gasteiger partial charge in [0.15, 0.2) is 0 Å². The summed E-state index contributed by atoms with van der Waals surface area (Å²) in [5.41, 5.74) is 8.42. The van der Waals surface area contributed by atoms with Crippen molar-refractivity contribution in [1.82, 2.24) is 0 Å². The molecule has 2 aromatic carbocycles. The number of rotatable bonds is 5. The van der Waals surface area contributed by atoms with Gasteiger partial charge in [-0.3, -0.25) is 0 Å². The zero-order valence-corrected chi connectivity index (χ0v) is 16.2. The molecule has 0 saturated carbocycles. The van der Waals surface area contributed by atoms with Gasteiger partial charge in [0, 0.05) is 24.4 Å². The highest BCUT2D eigenvalue weighted by Crippen LogP contribution is 2.21. The molecule has 0 heterocycles. The van der Waals surface area contributed by atoms with E-state index in [0.717, 1.165) is 16.7 Å². The van der Waals surface area contributed by atoms with Crippen LogP contribution in [0.15, 0.2) is 41.4 Å². The number of carbonyl (C=O) groups excluding carboxylic acids is 1. The van der Waals surface area contributed by atoms with Gasteiger partial charge >= 0.3 is 6.09 Å². The molecule has 2 aromatic rings. The Hall–Kier alpha value is -3.02. The third-order valence-corrected chi connectivity index (χ3v) is 3.55. The molecule has 0 aliphatic carbocycles. The minimum absolute atomic E-state index is 0.169. The van der Waals surface area contributed by atoms with E-state index in [1.165, 1.54) is 6.21 Å². The molecule has 0 bridgehead atoms. The number of carbonyl (C=O) groups is 1. The van der Waals surface area contributed by atoms with Gasteiger partial charge in [-0.15, -0.1) is 0 Å². The largest absolute Gasteiger partial charge is 0.508 e. The molecule has 0 spiro atoms. The van der Waals surface area contributed by atoms with Crippen molar-refractivity contribution in [3.05, 3.63) is 53.1 Å². The predicted octanol–water partition coefficient (Wildman–Crippen LogP) is 4.26. The van der Waals surface area contributed by atoms with Crippen molar-refractivity contribution in [3.63, 3.8) is 0 Å². The van der Waals surface area contributed by atoms with Crippen LogP contribution in [0.2, 0.25) is 0 Å². The lowest BCUT2D eigenvalue weighted by Crippen LogP contribution is -2.22. The van der Waals surface area contributed by atoms with Gasteiger partial charge in [0.05, 0.1) is 6.61 Å². The average molecular weight is 370 g/mol. The normalized spacial score (nSPS) is 11.6. The summed E-state index contributed by atoms with van der Waals surface area (Å²) in [5, 5.41) is 9.63. The molecule has 0 aliphatic heterocycles. The number of aliphatic imine (C=N–C) groups is 1. The summed E-state index contributed by atoms with van der Waals surface area (Å²) < 4.78 is 10.9. The molecular weight excluding hydrogens is 344 g/mol. The summed E-state index contributed by atoms with van der Waals surface area (Å²) >= 11 is 0. The van der Waals surface area contributed by atoms with Gasteiger partial charge in [0.1, 0.15) is 17.1 Å². The Kier molecular flexibility index (Phi) is 6.45. The van der Waals surface area contributed by atoms with Crippen LogP contribution in [0.4, 0.5) is 10.5 Å². The van der Waals surface area contributed by atoms with Crippen LogP contribution in [-0.2, 0) is 11.2 Å². The third kappa shape index (κ3) is 7.01. The maximum atomic E-state index is 11.8. The van der Waals surface area contributed by atoms with E-state index >= 15 is 0 Å².